The van der Waals surface area contributed by atoms with E-state index in [1.54, 1.807) is 56.3 Å². The maximum atomic E-state index is 12.6. The van der Waals surface area contributed by atoms with Crippen LogP contribution in [0.25, 0.3) is 0 Å². The molecule has 24 heavy (non-hydrogen) atoms. The summed E-state index contributed by atoms with van der Waals surface area (Å²) in [5.74, 6) is 0.261. The van der Waals surface area contributed by atoms with Crippen molar-refractivity contribution in [3.63, 3.8) is 0 Å². The molecule has 2 aromatic rings. The van der Waals surface area contributed by atoms with Crippen LogP contribution in [0.4, 0.5) is 0 Å². The molecule has 0 fully saturated rings. The summed E-state index contributed by atoms with van der Waals surface area (Å²) in [6.45, 7) is 6.83. The van der Waals surface area contributed by atoms with E-state index in [0.717, 1.165) is 5.56 Å². The molecule has 4 nitrogen and oxygen atoms in total. The molecule has 0 heterocycles. The van der Waals surface area contributed by atoms with Crippen LogP contribution in [0.15, 0.2) is 48.5 Å². The van der Waals surface area contributed by atoms with Crippen LogP contribution in [0.5, 0.6) is 5.75 Å². The van der Waals surface area contributed by atoms with Gasteiger partial charge in [0.05, 0.1) is 5.60 Å². The lowest BCUT2D eigenvalue weighted by atomic mass is 9.87. The summed E-state index contributed by atoms with van der Waals surface area (Å²) in [5, 5.41) is 20.5. The van der Waals surface area contributed by atoms with E-state index in [4.69, 9.17) is 4.74 Å². The molecule has 0 spiro atoms. The monoisotopic (exact) mass is 328 g/mol. The number of carbonyl (C=O) groups is 1. The number of aryl methyl sites for hydroxylation is 1. The van der Waals surface area contributed by atoms with E-state index in [2.05, 4.69) is 0 Å². The van der Waals surface area contributed by atoms with E-state index in [1.165, 1.54) is 6.92 Å². The quantitative estimate of drug-likeness (QED) is 0.799. The van der Waals surface area contributed by atoms with Gasteiger partial charge in [0.25, 0.3) is 0 Å². The minimum atomic E-state index is -1.62. The lowest BCUT2D eigenvalue weighted by molar-refractivity contribution is 0.0281. The molecule has 0 radical (unpaired) electrons. The SMILES string of the molecule is Cc1cc(C(C)(O)C(=O)c2ccccc2)ccc1OCC(C)(C)O. The number of aliphatic hydroxyl groups is 2. The molecule has 0 aliphatic rings. The first-order valence-corrected chi connectivity index (χ1v) is 7.90. The minimum Gasteiger partial charge on any atom is -0.490 e. The van der Waals surface area contributed by atoms with E-state index in [9.17, 15) is 15.0 Å². The number of ketones is 1. The Hall–Kier alpha value is -2.17. The molecule has 0 saturated heterocycles. The number of hydrogen-bond acceptors (Lipinski definition) is 4. The van der Waals surface area contributed by atoms with Crippen molar-refractivity contribution in [2.75, 3.05) is 6.61 Å². The number of Topliss-reactive ketones (excluding diaryl/α,β-unsaturated/α-hetero) is 1. The Kier molecular flexibility index (Phi) is 5.11. The van der Waals surface area contributed by atoms with Crippen LogP contribution in [0.1, 0.15) is 42.3 Å². The van der Waals surface area contributed by atoms with Gasteiger partial charge in [0.15, 0.2) is 5.78 Å². The van der Waals surface area contributed by atoms with Gasteiger partial charge in [0.2, 0.25) is 0 Å². The zero-order chi connectivity index (χ0) is 18.0. The van der Waals surface area contributed by atoms with E-state index in [-0.39, 0.29) is 12.4 Å². The van der Waals surface area contributed by atoms with Crippen LogP contribution in [-0.4, -0.2) is 28.2 Å². The standard InChI is InChI=1S/C20H24O4/c1-14-12-16(10-11-17(14)24-13-19(2,3)22)20(4,23)18(21)15-8-6-5-7-9-15/h5-12,22-23H,13H2,1-4H3. The Labute approximate surface area is 142 Å². The van der Waals surface area contributed by atoms with E-state index >= 15 is 0 Å². The van der Waals surface area contributed by atoms with E-state index in [1.807, 2.05) is 13.0 Å². The first-order valence-electron chi connectivity index (χ1n) is 7.90. The fourth-order valence-corrected chi connectivity index (χ4v) is 2.37. The molecule has 4 heteroatoms. The molecule has 0 saturated carbocycles. The highest BCUT2D eigenvalue weighted by Gasteiger charge is 2.33. The Morgan fingerprint density at radius 3 is 2.21 bits per heavy atom. The third-order valence-electron chi connectivity index (χ3n) is 3.80. The van der Waals surface area contributed by atoms with Crippen LogP contribution in [0.3, 0.4) is 0 Å². The zero-order valence-corrected chi connectivity index (χ0v) is 14.5. The molecular formula is C20H24O4. The summed E-state index contributed by atoms with van der Waals surface area (Å²) < 4.78 is 5.60. The van der Waals surface area contributed by atoms with Gasteiger partial charge in [-0.05, 0) is 51.0 Å². The second kappa shape index (κ2) is 6.75. The Morgan fingerprint density at radius 1 is 1.04 bits per heavy atom. The highest BCUT2D eigenvalue weighted by molar-refractivity contribution is 6.02. The summed E-state index contributed by atoms with van der Waals surface area (Å²) in [6.07, 6.45) is 0. The first-order chi connectivity index (χ1) is 11.1. The Bertz CT molecular complexity index is 712. The van der Waals surface area contributed by atoms with Crippen molar-refractivity contribution in [3.05, 3.63) is 65.2 Å². The van der Waals surface area contributed by atoms with Gasteiger partial charge >= 0.3 is 0 Å². The lowest BCUT2D eigenvalue weighted by Crippen LogP contribution is -2.32. The Morgan fingerprint density at radius 2 is 1.67 bits per heavy atom. The number of benzene rings is 2. The average molecular weight is 328 g/mol. The van der Waals surface area contributed by atoms with Gasteiger partial charge in [-0.25, -0.2) is 0 Å². The normalized spacial score (nSPS) is 14.1. The largest absolute Gasteiger partial charge is 0.490 e. The fraction of sp³-hybridized carbons (Fsp3) is 0.350. The number of carbonyl (C=O) groups excluding carboxylic acids is 1. The van der Waals surface area contributed by atoms with Gasteiger partial charge in [-0.3, -0.25) is 4.79 Å². The van der Waals surface area contributed by atoms with Crippen molar-refractivity contribution in [3.8, 4) is 5.75 Å². The maximum Gasteiger partial charge on any atom is 0.198 e. The zero-order valence-electron chi connectivity index (χ0n) is 14.5. The van der Waals surface area contributed by atoms with Crippen LogP contribution in [0.2, 0.25) is 0 Å². The van der Waals surface area contributed by atoms with Crippen LogP contribution in [0, 0.1) is 6.92 Å². The molecule has 0 aliphatic heterocycles. The fourth-order valence-electron chi connectivity index (χ4n) is 2.37. The molecule has 1 atom stereocenters. The lowest BCUT2D eigenvalue weighted by Gasteiger charge is -2.24. The number of ether oxygens (including phenoxy) is 1. The summed E-state index contributed by atoms with van der Waals surface area (Å²) in [4.78, 5) is 12.6. The topological polar surface area (TPSA) is 66.8 Å². The molecule has 128 valence electrons. The van der Waals surface area contributed by atoms with Gasteiger partial charge in [-0.1, -0.05) is 36.4 Å². The van der Waals surface area contributed by atoms with Gasteiger partial charge in [-0.15, -0.1) is 0 Å². The van der Waals surface area contributed by atoms with Gasteiger partial charge in [-0.2, -0.15) is 0 Å². The molecule has 2 N–H and O–H groups in total. The van der Waals surface area contributed by atoms with Crippen LogP contribution >= 0.6 is 0 Å². The molecule has 2 aromatic carbocycles. The van der Waals surface area contributed by atoms with Crippen molar-refractivity contribution < 1.29 is 19.7 Å². The van der Waals surface area contributed by atoms with Crippen LogP contribution in [-0.2, 0) is 5.60 Å². The van der Waals surface area contributed by atoms with Crippen molar-refractivity contribution >= 4 is 5.78 Å². The molecular weight excluding hydrogens is 304 g/mol. The maximum absolute atomic E-state index is 12.6. The minimum absolute atomic E-state index is 0.159. The van der Waals surface area contributed by atoms with Gasteiger partial charge < -0.3 is 14.9 Å². The third-order valence-corrected chi connectivity index (χ3v) is 3.80. The summed E-state index contributed by atoms with van der Waals surface area (Å²) in [5.41, 5.74) is -0.800. The predicted octanol–water partition coefficient (Wildman–Crippen LogP) is 3.24. The van der Waals surface area contributed by atoms with Crippen LogP contribution < -0.4 is 4.74 Å². The highest BCUT2D eigenvalue weighted by atomic mass is 16.5. The van der Waals surface area contributed by atoms with Gasteiger partial charge in [0, 0.05) is 5.56 Å². The summed E-state index contributed by atoms with van der Waals surface area (Å²) in [7, 11) is 0. The van der Waals surface area contributed by atoms with E-state index in [0.29, 0.717) is 16.9 Å². The molecule has 0 aliphatic carbocycles. The molecule has 1 unspecified atom stereocenters. The molecule has 0 bridgehead atoms. The predicted molar refractivity (Wildman–Crippen MR) is 93.3 cm³/mol. The van der Waals surface area contributed by atoms with Crippen molar-refractivity contribution in [2.45, 2.75) is 38.9 Å². The number of rotatable bonds is 6. The van der Waals surface area contributed by atoms with Crippen molar-refractivity contribution in [2.24, 2.45) is 0 Å². The molecule has 2 rings (SSSR count). The number of hydrogen-bond donors (Lipinski definition) is 2. The van der Waals surface area contributed by atoms with Crippen molar-refractivity contribution in [1.82, 2.24) is 0 Å². The summed E-state index contributed by atoms with van der Waals surface area (Å²) >= 11 is 0. The van der Waals surface area contributed by atoms with E-state index < -0.39 is 11.2 Å². The molecule has 0 amide bonds. The second-order valence-corrected chi connectivity index (χ2v) is 6.85. The highest BCUT2D eigenvalue weighted by Crippen LogP contribution is 2.29. The Balaban J connectivity index is 2.25. The third kappa shape index (κ3) is 4.22. The molecule has 0 aromatic heterocycles. The summed E-state index contributed by atoms with van der Waals surface area (Å²) in [6, 6.07) is 13.8. The smallest absolute Gasteiger partial charge is 0.198 e. The average Bonchev–Trinajstić information content (AvgIpc) is 2.52. The first kappa shape index (κ1) is 18.2. The van der Waals surface area contributed by atoms with Gasteiger partial charge in [0.1, 0.15) is 18.0 Å². The second-order valence-electron chi connectivity index (χ2n) is 6.85. The van der Waals surface area contributed by atoms with Crippen molar-refractivity contribution in [1.29, 1.82) is 0 Å².